The van der Waals surface area contributed by atoms with Crippen LogP contribution >= 0.6 is 11.6 Å². The average Bonchev–Trinajstić information content (AvgIpc) is 2.45. The number of ether oxygens (including phenoxy) is 1. The summed E-state index contributed by atoms with van der Waals surface area (Å²) in [6.07, 6.45) is 8.04. The van der Waals surface area contributed by atoms with Gasteiger partial charge in [-0.2, -0.15) is 0 Å². The molecule has 0 saturated carbocycles. The third kappa shape index (κ3) is 3.12. The second-order valence-electron chi connectivity index (χ2n) is 4.01. The van der Waals surface area contributed by atoms with E-state index in [1.807, 2.05) is 12.1 Å². The zero-order chi connectivity index (χ0) is 13.7. The van der Waals surface area contributed by atoms with Crippen LogP contribution < -0.4 is 0 Å². The van der Waals surface area contributed by atoms with E-state index in [-0.39, 0.29) is 5.28 Å². The van der Waals surface area contributed by atoms with E-state index in [0.717, 1.165) is 23.1 Å². The summed E-state index contributed by atoms with van der Waals surface area (Å²) in [6, 6.07) is 6.14. The standard InChI is InChI=1S/C15H15ClN2O/c1-3-13-11(7-8-19-2)5-4-6-14(13)12-9-17-15(16)18-10-12/h4-10H,3H2,1-2H3/b8-7+. The topological polar surface area (TPSA) is 35.0 Å². The molecule has 3 nitrogen and oxygen atoms in total. The van der Waals surface area contributed by atoms with E-state index < -0.39 is 0 Å². The summed E-state index contributed by atoms with van der Waals surface area (Å²) in [5, 5.41) is 0.261. The molecule has 0 saturated heterocycles. The first-order valence-electron chi connectivity index (χ1n) is 6.05. The van der Waals surface area contributed by atoms with Crippen LogP contribution in [0, 0.1) is 0 Å². The van der Waals surface area contributed by atoms with Gasteiger partial charge in [0.2, 0.25) is 5.28 Å². The van der Waals surface area contributed by atoms with Gasteiger partial charge in [-0.25, -0.2) is 9.97 Å². The number of nitrogens with zero attached hydrogens (tertiary/aromatic N) is 2. The summed E-state index contributed by atoms with van der Waals surface area (Å²) >= 11 is 5.72. The Morgan fingerprint density at radius 1 is 1.26 bits per heavy atom. The van der Waals surface area contributed by atoms with Crippen molar-refractivity contribution in [2.75, 3.05) is 7.11 Å². The molecule has 0 spiro atoms. The van der Waals surface area contributed by atoms with E-state index in [2.05, 4.69) is 29.0 Å². The Kier molecular flexibility index (Phi) is 4.53. The molecule has 2 aromatic rings. The lowest BCUT2D eigenvalue weighted by atomic mass is 9.95. The zero-order valence-corrected chi connectivity index (χ0v) is 11.7. The van der Waals surface area contributed by atoms with Gasteiger partial charge in [0.15, 0.2) is 0 Å². The fourth-order valence-electron chi connectivity index (χ4n) is 2.02. The molecule has 0 aliphatic carbocycles. The van der Waals surface area contributed by atoms with E-state index in [9.17, 15) is 0 Å². The van der Waals surface area contributed by atoms with Crippen LogP contribution in [0.15, 0.2) is 36.9 Å². The lowest BCUT2D eigenvalue weighted by Crippen LogP contribution is -1.93. The summed E-state index contributed by atoms with van der Waals surface area (Å²) in [5.74, 6) is 0. The van der Waals surface area contributed by atoms with E-state index in [1.54, 1.807) is 25.8 Å². The maximum atomic E-state index is 5.72. The molecule has 1 aromatic carbocycles. The molecule has 0 atom stereocenters. The smallest absolute Gasteiger partial charge is 0.222 e. The molecule has 2 rings (SSSR count). The second-order valence-corrected chi connectivity index (χ2v) is 4.34. The first kappa shape index (κ1) is 13.6. The van der Waals surface area contributed by atoms with Crippen molar-refractivity contribution in [2.24, 2.45) is 0 Å². The number of aromatic nitrogens is 2. The molecule has 0 unspecified atom stereocenters. The van der Waals surface area contributed by atoms with Crippen LogP contribution in [0.4, 0.5) is 0 Å². The Morgan fingerprint density at radius 2 is 2.00 bits per heavy atom. The molecule has 98 valence electrons. The normalized spacial score (nSPS) is 10.9. The van der Waals surface area contributed by atoms with Crippen LogP contribution in [0.5, 0.6) is 0 Å². The maximum absolute atomic E-state index is 5.72. The Bertz CT molecular complexity index is 579. The van der Waals surface area contributed by atoms with Crippen molar-refractivity contribution >= 4 is 17.7 Å². The van der Waals surface area contributed by atoms with Gasteiger partial charge in [0.25, 0.3) is 0 Å². The van der Waals surface area contributed by atoms with Crippen molar-refractivity contribution in [3.05, 3.63) is 53.3 Å². The molecule has 0 N–H and O–H groups in total. The second kappa shape index (κ2) is 6.34. The van der Waals surface area contributed by atoms with E-state index >= 15 is 0 Å². The van der Waals surface area contributed by atoms with Crippen molar-refractivity contribution in [2.45, 2.75) is 13.3 Å². The van der Waals surface area contributed by atoms with E-state index in [4.69, 9.17) is 16.3 Å². The third-order valence-electron chi connectivity index (χ3n) is 2.88. The predicted molar refractivity (Wildman–Crippen MR) is 77.9 cm³/mol. The Morgan fingerprint density at radius 3 is 2.63 bits per heavy atom. The van der Waals surface area contributed by atoms with Crippen molar-refractivity contribution in [1.82, 2.24) is 9.97 Å². The molecule has 19 heavy (non-hydrogen) atoms. The molecule has 0 aliphatic heterocycles. The highest BCUT2D eigenvalue weighted by Crippen LogP contribution is 2.27. The summed E-state index contributed by atoms with van der Waals surface area (Å²) in [4.78, 5) is 8.07. The van der Waals surface area contributed by atoms with Crippen LogP contribution in [-0.2, 0) is 11.2 Å². The average molecular weight is 275 g/mol. The maximum Gasteiger partial charge on any atom is 0.222 e. The highest BCUT2D eigenvalue weighted by molar-refractivity contribution is 6.28. The lowest BCUT2D eigenvalue weighted by Gasteiger charge is -2.11. The highest BCUT2D eigenvalue weighted by Gasteiger charge is 2.08. The van der Waals surface area contributed by atoms with Crippen molar-refractivity contribution in [3.63, 3.8) is 0 Å². The van der Waals surface area contributed by atoms with Gasteiger partial charge >= 0.3 is 0 Å². The van der Waals surface area contributed by atoms with Gasteiger partial charge in [-0.1, -0.05) is 25.1 Å². The molecular formula is C15H15ClN2O. The minimum atomic E-state index is 0.261. The van der Waals surface area contributed by atoms with Gasteiger partial charge in [-0.15, -0.1) is 0 Å². The quantitative estimate of drug-likeness (QED) is 0.625. The minimum Gasteiger partial charge on any atom is -0.504 e. The number of rotatable bonds is 4. The first-order chi connectivity index (χ1) is 9.26. The molecule has 0 radical (unpaired) electrons. The fraction of sp³-hybridized carbons (Fsp3) is 0.200. The summed E-state index contributed by atoms with van der Waals surface area (Å²) in [6.45, 7) is 2.12. The minimum absolute atomic E-state index is 0.261. The molecule has 0 fully saturated rings. The Labute approximate surface area is 117 Å². The fourth-order valence-corrected chi connectivity index (χ4v) is 2.12. The van der Waals surface area contributed by atoms with Crippen molar-refractivity contribution in [1.29, 1.82) is 0 Å². The predicted octanol–water partition coefficient (Wildman–Crippen LogP) is 3.98. The van der Waals surface area contributed by atoms with Crippen LogP contribution in [0.2, 0.25) is 5.28 Å². The molecule has 1 aromatic heterocycles. The monoisotopic (exact) mass is 274 g/mol. The van der Waals surface area contributed by atoms with Crippen molar-refractivity contribution < 1.29 is 4.74 Å². The number of benzene rings is 1. The SMILES string of the molecule is CCc1c(/C=C/OC)cccc1-c1cnc(Cl)nc1. The zero-order valence-electron chi connectivity index (χ0n) is 10.9. The molecule has 0 bridgehead atoms. The number of methoxy groups -OCH3 is 1. The number of hydrogen-bond donors (Lipinski definition) is 0. The van der Waals surface area contributed by atoms with E-state index in [1.165, 1.54) is 5.56 Å². The van der Waals surface area contributed by atoms with E-state index in [0.29, 0.717) is 0 Å². The molecular weight excluding hydrogens is 260 g/mol. The van der Waals surface area contributed by atoms with Crippen LogP contribution in [-0.4, -0.2) is 17.1 Å². The first-order valence-corrected chi connectivity index (χ1v) is 6.43. The van der Waals surface area contributed by atoms with Gasteiger partial charge in [-0.3, -0.25) is 0 Å². The largest absolute Gasteiger partial charge is 0.504 e. The molecule has 1 heterocycles. The lowest BCUT2D eigenvalue weighted by molar-refractivity contribution is 0.341. The molecule has 0 amide bonds. The van der Waals surface area contributed by atoms with Crippen LogP contribution in [0.25, 0.3) is 17.2 Å². The third-order valence-corrected chi connectivity index (χ3v) is 3.08. The summed E-state index contributed by atoms with van der Waals surface area (Å²) < 4.78 is 4.98. The molecule has 0 aliphatic rings. The van der Waals surface area contributed by atoms with Crippen LogP contribution in [0.1, 0.15) is 18.1 Å². The number of hydrogen-bond acceptors (Lipinski definition) is 3. The highest BCUT2D eigenvalue weighted by atomic mass is 35.5. The van der Waals surface area contributed by atoms with Gasteiger partial charge in [0, 0.05) is 18.0 Å². The summed E-state index contributed by atoms with van der Waals surface area (Å²) in [7, 11) is 1.64. The van der Waals surface area contributed by atoms with Gasteiger partial charge in [-0.05, 0) is 40.8 Å². The Balaban J connectivity index is 2.51. The molecule has 4 heteroatoms. The van der Waals surface area contributed by atoms with Gasteiger partial charge in [0.05, 0.1) is 13.4 Å². The van der Waals surface area contributed by atoms with Gasteiger partial charge < -0.3 is 4.74 Å². The Hall–Kier alpha value is -1.87. The van der Waals surface area contributed by atoms with Crippen LogP contribution in [0.3, 0.4) is 0 Å². The van der Waals surface area contributed by atoms with Gasteiger partial charge in [0.1, 0.15) is 0 Å². The summed E-state index contributed by atoms with van der Waals surface area (Å²) in [5.41, 5.74) is 4.46. The van der Waals surface area contributed by atoms with Crippen molar-refractivity contribution in [3.8, 4) is 11.1 Å². The number of halogens is 1.